The molecule has 4 heterocycles. The van der Waals surface area contributed by atoms with E-state index in [1.165, 1.54) is 16.9 Å². The number of aliphatic carboxylic acids is 1. The van der Waals surface area contributed by atoms with E-state index in [0.29, 0.717) is 0 Å². The molecule has 0 aliphatic carbocycles. The topological polar surface area (TPSA) is 91.7 Å². The number of aryl methyl sites for hydroxylation is 1. The Kier molecular flexibility index (Phi) is 7.26. The fraction of sp³-hybridized carbons (Fsp3) is 0.500. The van der Waals surface area contributed by atoms with Crippen molar-refractivity contribution in [1.29, 1.82) is 0 Å². The molecular weight excluding hydrogens is 415 g/mol. The number of carboxylic acid groups (broad SMARTS) is 1. The van der Waals surface area contributed by atoms with E-state index >= 15 is 0 Å². The summed E-state index contributed by atoms with van der Waals surface area (Å²) in [6.45, 7) is 7.34. The minimum absolute atomic E-state index is 0.758. The van der Waals surface area contributed by atoms with Crippen molar-refractivity contribution in [3.63, 3.8) is 0 Å². The van der Waals surface area contributed by atoms with E-state index in [1.807, 2.05) is 18.5 Å². The number of halogens is 3. The third-order valence-corrected chi connectivity index (χ3v) is 5.09. The van der Waals surface area contributed by atoms with Crippen LogP contribution in [0.25, 0.3) is 0 Å². The van der Waals surface area contributed by atoms with E-state index in [0.717, 1.165) is 63.9 Å². The van der Waals surface area contributed by atoms with E-state index in [9.17, 15) is 13.2 Å². The number of pyridine rings is 1. The zero-order valence-electron chi connectivity index (χ0n) is 17.1. The van der Waals surface area contributed by atoms with Crippen LogP contribution < -0.4 is 9.80 Å². The molecule has 8 nitrogen and oxygen atoms in total. The van der Waals surface area contributed by atoms with Crippen LogP contribution in [0.4, 0.5) is 24.8 Å². The van der Waals surface area contributed by atoms with Crippen molar-refractivity contribution in [2.45, 2.75) is 25.9 Å². The van der Waals surface area contributed by atoms with Crippen molar-refractivity contribution >= 4 is 17.6 Å². The number of aromatic nitrogens is 3. The lowest BCUT2D eigenvalue weighted by atomic mass is 10.1. The molecule has 0 radical (unpaired) electrons. The smallest absolute Gasteiger partial charge is 0.475 e. The lowest BCUT2D eigenvalue weighted by Gasteiger charge is -2.27. The second kappa shape index (κ2) is 9.90. The van der Waals surface area contributed by atoms with Gasteiger partial charge in [0.1, 0.15) is 0 Å². The highest BCUT2D eigenvalue weighted by atomic mass is 19.4. The lowest BCUT2D eigenvalue weighted by Crippen LogP contribution is -2.37. The van der Waals surface area contributed by atoms with Gasteiger partial charge in [-0.25, -0.2) is 14.8 Å². The first-order valence-electron chi connectivity index (χ1n) is 9.90. The zero-order valence-corrected chi connectivity index (χ0v) is 17.1. The maximum absolute atomic E-state index is 10.6. The van der Waals surface area contributed by atoms with Crippen molar-refractivity contribution in [3.8, 4) is 0 Å². The third kappa shape index (κ3) is 6.03. The van der Waals surface area contributed by atoms with Crippen molar-refractivity contribution in [3.05, 3.63) is 41.5 Å². The maximum Gasteiger partial charge on any atom is 0.490 e. The molecule has 168 valence electrons. The minimum atomic E-state index is -5.08. The van der Waals surface area contributed by atoms with Crippen LogP contribution in [-0.2, 0) is 22.4 Å². The van der Waals surface area contributed by atoms with Crippen LogP contribution in [0, 0.1) is 6.92 Å². The van der Waals surface area contributed by atoms with Gasteiger partial charge in [0, 0.05) is 44.5 Å². The first-order valence-corrected chi connectivity index (χ1v) is 9.90. The number of carboxylic acids is 1. The number of nitrogens with zero attached hydrogens (tertiary/aromatic N) is 5. The molecule has 0 amide bonds. The Bertz CT molecular complexity index is 890. The number of anilines is 2. The molecule has 1 N–H and O–H groups in total. The number of morpholine rings is 1. The van der Waals surface area contributed by atoms with Gasteiger partial charge in [-0.3, -0.25) is 4.98 Å². The highest BCUT2D eigenvalue weighted by Gasteiger charge is 2.38. The summed E-state index contributed by atoms with van der Waals surface area (Å²) in [5, 5.41) is 7.12. The average Bonchev–Trinajstić information content (AvgIpc) is 2.98. The van der Waals surface area contributed by atoms with Gasteiger partial charge in [0.15, 0.2) is 0 Å². The average molecular weight is 439 g/mol. The summed E-state index contributed by atoms with van der Waals surface area (Å²) < 4.78 is 37.2. The van der Waals surface area contributed by atoms with Gasteiger partial charge in [0.2, 0.25) is 5.95 Å². The predicted octanol–water partition coefficient (Wildman–Crippen LogP) is 2.26. The van der Waals surface area contributed by atoms with Crippen LogP contribution in [0.1, 0.15) is 17.0 Å². The number of ether oxygens (including phenoxy) is 1. The molecule has 2 aromatic rings. The molecule has 0 aromatic carbocycles. The van der Waals surface area contributed by atoms with Crippen LogP contribution in [-0.4, -0.2) is 71.6 Å². The van der Waals surface area contributed by atoms with Crippen LogP contribution in [0.3, 0.4) is 0 Å². The third-order valence-electron chi connectivity index (χ3n) is 5.09. The van der Waals surface area contributed by atoms with Crippen LogP contribution >= 0.6 is 0 Å². The van der Waals surface area contributed by atoms with Crippen molar-refractivity contribution in [2.75, 3.05) is 49.2 Å². The Morgan fingerprint density at radius 1 is 1.10 bits per heavy atom. The first kappa shape index (κ1) is 22.7. The second-order valence-electron chi connectivity index (χ2n) is 7.13. The molecule has 0 bridgehead atoms. The fourth-order valence-electron chi connectivity index (χ4n) is 3.47. The van der Waals surface area contributed by atoms with Gasteiger partial charge in [-0.1, -0.05) is 0 Å². The van der Waals surface area contributed by atoms with E-state index < -0.39 is 12.1 Å². The van der Waals surface area contributed by atoms with Gasteiger partial charge in [-0.15, -0.1) is 0 Å². The molecule has 2 aliphatic heterocycles. The fourth-order valence-corrected chi connectivity index (χ4v) is 3.47. The number of hydrogen-bond acceptors (Lipinski definition) is 7. The van der Waals surface area contributed by atoms with Gasteiger partial charge in [-0.2, -0.15) is 13.2 Å². The molecule has 2 aliphatic rings. The molecule has 0 saturated carbocycles. The van der Waals surface area contributed by atoms with E-state index in [4.69, 9.17) is 24.6 Å². The molecule has 0 spiro atoms. The van der Waals surface area contributed by atoms with Crippen molar-refractivity contribution in [1.82, 2.24) is 15.0 Å². The molecule has 1 fully saturated rings. The predicted molar refractivity (Wildman–Crippen MR) is 107 cm³/mol. The quantitative estimate of drug-likeness (QED) is 0.762. The first-order chi connectivity index (χ1) is 14.8. The van der Waals surface area contributed by atoms with E-state index in [2.05, 4.69) is 27.8 Å². The highest BCUT2D eigenvalue weighted by molar-refractivity contribution is 5.73. The number of fused-ring (bicyclic) bond motifs is 1. The standard InChI is InChI=1S/C18H23N5O.C2HF3O2/c1-14-16-4-7-22(15-3-2-6-19-13-15)8-5-17(16)21-18(20-14)23-9-11-24-12-10-23;3-2(4,5)1(6)7/h2-3,6,13H,4-5,7-12H2,1H3;(H,6,7). The molecule has 4 rings (SSSR count). The molecule has 2 aromatic heterocycles. The molecule has 0 unspecified atom stereocenters. The Morgan fingerprint density at radius 3 is 2.39 bits per heavy atom. The summed E-state index contributed by atoms with van der Waals surface area (Å²) in [5.41, 5.74) is 4.83. The van der Waals surface area contributed by atoms with Gasteiger partial charge < -0.3 is 19.6 Å². The minimum Gasteiger partial charge on any atom is -0.475 e. The van der Waals surface area contributed by atoms with E-state index in [1.54, 1.807) is 0 Å². The highest BCUT2D eigenvalue weighted by Crippen LogP contribution is 2.23. The summed E-state index contributed by atoms with van der Waals surface area (Å²) in [6.07, 6.45) is 0.609. The molecule has 0 atom stereocenters. The Labute approximate surface area is 177 Å². The van der Waals surface area contributed by atoms with Crippen LogP contribution in [0.15, 0.2) is 24.5 Å². The van der Waals surface area contributed by atoms with Crippen molar-refractivity contribution < 1.29 is 27.8 Å². The summed E-state index contributed by atoms with van der Waals surface area (Å²) in [5.74, 6) is -1.89. The lowest BCUT2D eigenvalue weighted by molar-refractivity contribution is -0.192. The number of alkyl halides is 3. The summed E-state index contributed by atoms with van der Waals surface area (Å²) >= 11 is 0. The molecule has 1 saturated heterocycles. The summed E-state index contributed by atoms with van der Waals surface area (Å²) in [6, 6.07) is 4.12. The Balaban J connectivity index is 0.000000339. The van der Waals surface area contributed by atoms with Gasteiger partial charge in [0.05, 0.1) is 30.8 Å². The van der Waals surface area contributed by atoms with Crippen LogP contribution in [0.5, 0.6) is 0 Å². The van der Waals surface area contributed by atoms with Gasteiger partial charge in [-0.05, 0) is 31.0 Å². The normalized spacial score (nSPS) is 16.6. The Hall–Kier alpha value is -2.95. The molecule has 11 heteroatoms. The summed E-state index contributed by atoms with van der Waals surface area (Å²) in [4.78, 5) is 27.4. The SMILES string of the molecule is Cc1nc(N2CCOCC2)nc2c1CCN(c1cccnc1)CC2.O=C(O)C(F)(F)F. The monoisotopic (exact) mass is 439 g/mol. The summed E-state index contributed by atoms with van der Waals surface area (Å²) in [7, 11) is 0. The number of rotatable bonds is 2. The van der Waals surface area contributed by atoms with E-state index in [-0.39, 0.29) is 0 Å². The van der Waals surface area contributed by atoms with Gasteiger partial charge >= 0.3 is 12.1 Å². The maximum atomic E-state index is 10.6. The molecular formula is C20H24F3N5O3. The largest absolute Gasteiger partial charge is 0.490 e. The Morgan fingerprint density at radius 2 is 1.77 bits per heavy atom. The zero-order chi connectivity index (χ0) is 22.4. The second-order valence-corrected chi connectivity index (χ2v) is 7.13. The van der Waals surface area contributed by atoms with Crippen molar-refractivity contribution in [2.24, 2.45) is 0 Å². The molecule has 31 heavy (non-hydrogen) atoms. The number of carbonyl (C=O) groups is 1. The van der Waals surface area contributed by atoms with Gasteiger partial charge in [0.25, 0.3) is 0 Å². The number of hydrogen-bond donors (Lipinski definition) is 1. The van der Waals surface area contributed by atoms with Crippen LogP contribution in [0.2, 0.25) is 0 Å².